The predicted molar refractivity (Wildman–Crippen MR) is 78.3 cm³/mol. The largest absolute Gasteiger partial charge is 0.447 e. The minimum Gasteiger partial charge on any atom is -0.447 e. The summed E-state index contributed by atoms with van der Waals surface area (Å²) in [5.74, 6) is 0.590. The highest BCUT2D eigenvalue weighted by Gasteiger charge is 2.18. The van der Waals surface area contributed by atoms with Gasteiger partial charge in [-0.1, -0.05) is 0 Å². The topological polar surface area (TPSA) is 100 Å². The minimum absolute atomic E-state index is 0.0489. The van der Waals surface area contributed by atoms with E-state index in [4.69, 9.17) is 4.42 Å². The fraction of sp³-hybridized carbons (Fsp3) is 0.462. The Balaban J connectivity index is 1.84. The number of rotatable bonds is 8. The van der Waals surface area contributed by atoms with Gasteiger partial charge in [0.2, 0.25) is 5.09 Å². The highest BCUT2D eigenvalue weighted by molar-refractivity contribution is 7.89. The van der Waals surface area contributed by atoms with Crippen LogP contribution in [0.3, 0.4) is 0 Å². The quantitative estimate of drug-likeness (QED) is 0.630. The standard InChI is InChI=1S/C13H20N4O3S/c1-10-11(8-15-17-10)4-3-7-16-21(18,19)13-6-5-12(20-13)9-14-2/h5-6,8,14,16H,3-4,7,9H2,1-2H3,(H,15,17). The molecule has 2 aromatic heterocycles. The van der Waals surface area contributed by atoms with Crippen molar-refractivity contribution < 1.29 is 12.8 Å². The van der Waals surface area contributed by atoms with Gasteiger partial charge in [-0.25, -0.2) is 13.1 Å². The van der Waals surface area contributed by atoms with E-state index in [9.17, 15) is 8.42 Å². The zero-order chi connectivity index (χ0) is 15.3. The van der Waals surface area contributed by atoms with Crippen molar-refractivity contribution >= 4 is 10.0 Å². The van der Waals surface area contributed by atoms with Gasteiger partial charge >= 0.3 is 0 Å². The van der Waals surface area contributed by atoms with E-state index in [0.717, 1.165) is 17.7 Å². The molecule has 0 atom stereocenters. The maximum atomic E-state index is 12.0. The summed E-state index contributed by atoms with van der Waals surface area (Å²) in [4.78, 5) is 0. The number of aromatic nitrogens is 2. The molecule has 0 unspecified atom stereocenters. The van der Waals surface area contributed by atoms with Crippen LogP contribution in [0, 0.1) is 6.92 Å². The summed E-state index contributed by atoms with van der Waals surface area (Å²) in [5.41, 5.74) is 2.11. The average molecular weight is 312 g/mol. The third-order valence-electron chi connectivity index (χ3n) is 3.10. The molecule has 0 aromatic carbocycles. The lowest BCUT2D eigenvalue weighted by Crippen LogP contribution is -2.24. The molecule has 2 rings (SSSR count). The SMILES string of the molecule is CNCc1ccc(S(=O)(=O)NCCCc2cn[nH]c2C)o1. The molecule has 8 heteroatoms. The fourth-order valence-corrected chi connectivity index (χ4v) is 2.98. The molecule has 0 aliphatic rings. The molecule has 7 nitrogen and oxygen atoms in total. The summed E-state index contributed by atoms with van der Waals surface area (Å²) in [5, 5.41) is 9.64. The van der Waals surface area contributed by atoms with Crippen molar-refractivity contribution in [1.82, 2.24) is 20.2 Å². The van der Waals surface area contributed by atoms with Crippen LogP contribution >= 0.6 is 0 Å². The second-order valence-corrected chi connectivity index (χ2v) is 6.47. The number of furan rings is 1. The van der Waals surface area contributed by atoms with Crippen LogP contribution in [-0.2, 0) is 23.0 Å². The van der Waals surface area contributed by atoms with E-state index in [2.05, 4.69) is 20.2 Å². The minimum atomic E-state index is -3.58. The molecule has 0 saturated carbocycles. The van der Waals surface area contributed by atoms with Crippen molar-refractivity contribution in [2.75, 3.05) is 13.6 Å². The molecule has 0 amide bonds. The van der Waals surface area contributed by atoms with Gasteiger partial charge in [0.05, 0.1) is 12.7 Å². The molecular weight excluding hydrogens is 292 g/mol. The van der Waals surface area contributed by atoms with Gasteiger partial charge in [-0.15, -0.1) is 0 Å². The Labute approximate surface area is 124 Å². The first-order valence-electron chi connectivity index (χ1n) is 6.75. The fourth-order valence-electron chi connectivity index (χ4n) is 1.96. The molecule has 21 heavy (non-hydrogen) atoms. The Morgan fingerprint density at radius 1 is 1.38 bits per heavy atom. The summed E-state index contributed by atoms with van der Waals surface area (Å²) in [6.45, 7) is 2.79. The molecule has 0 spiro atoms. The summed E-state index contributed by atoms with van der Waals surface area (Å²) in [7, 11) is -1.81. The van der Waals surface area contributed by atoms with Crippen molar-refractivity contribution in [1.29, 1.82) is 0 Å². The molecule has 0 saturated heterocycles. The zero-order valence-electron chi connectivity index (χ0n) is 12.1. The van der Waals surface area contributed by atoms with Crippen molar-refractivity contribution in [3.8, 4) is 0 Å². The molecular formula is C13H20N4O3S. The lowest BCUT2D eigenvalue weighted by atomic mass is 10.1. The van der Waals surface area contributed by atoms with Gasteiger partial charge in [0.15, 0.2) is 0 Å². The molecule has 116 valence electrons. The highest BCUT2D eigenvalue weighted by atomic mass is 32.2. The van der Waals surface area contributed by atoms with Crippen LogP contribution in [-0.4, -0.2) is 32.2 Å². The van der Waals surface area contributed by atoms with Gasteiger partial charge in [-0.05, 0) is 44.5 Å². The predicted octanol–water partition coefficient (Wildman–Crippen LogP) is 0.942. The Hall–Kier alpha value is -1.64. The zero-order valence-corrected chi connectivity index (χ0v) is 13.0. The number of nitrogens with one attached hydrogen (secondary N) is 3. The monoisotopic (exact) mass is 312 g/mol. The number of hydrogen-bond acceptors (Lipinski definition) is 5. The van der Waals surface area contributed by atoms with Crippen LogP contribution in [0.25, 0.3) is 0 Å². The number of hydrogen-bond donors (Lipinski definition) is 3. The number of aromatic amines is 1. The molecule has 0 radical (unpaired) electrons. The van der Waals surface area contributed by atoms with Gasteiger partial charge < -0.3 is 9.73 Å². The molecule has 0 aliphatic carbocycles. The number of nitrogens with zero attached hydrogens (tertiary/aromatic N) is 1. The second-order valence-electron chi connectivity index (χ2n) is 4.77. The van der Waals surface area contributed by atoms with E-state index in [-0.39, 0.29) is 5.09 Å². The van der Waals surface area contributed by atoms with E-state index in [1.807, 2.05) is 6.92 Å². The summed E-state index contributed by atoms with van der Waals surface area (Å²) in [6.07, 6.45) is 3.23. The number of H-pyrrole nitrogens is 1. The smallest absolute Gasteiger partial charge is 0.273 e. The summed E-state index contributed by atoms with van der Waals surface area (Å²) < 4.78 is 31.9. The van der Waals surface area contributed by atoms with Crippen LogP contribution in [0.2, 0.25) is 0 Å². The van der Waals surface area contributed by atoms with Gasteiger partial charge in [-0.2, -0.15) is 5.10 Å². The highest BCUT2D eigenvalue weighted by Crippen LogP contribution is 2.13. The molecule has 0 bridgehead atoms. The van der Waals surface area contributed by atoms with E-state index in [1.54, 1.807) is 19.3 Å². The Morgan fingerprint density at radius 2 is 2.19 bits per heavy atom. The summed E-state index contributed by atoms with van der Waals surface area (Å²) in [6, 6.07) is 3.12. The lowest BCUT2D eigenvalue weighted by Gasteiger charge is -2.04. The maximum absolute atomic E-state index is 12.0. The van der Waals surface area contributed by atoms with Gasteiger partial charge in [0.1, 0.15) is 5.76 Å². The second kappa shape index (κ2) is 6.88. The van der Waals surface area contributed by atoms with Crippen molar-refractivity contribution in [2.24, 2.45) is 0 Å². The molecule has 0 fully saturated rings. The van der Waals surface area contributed by atoms with Crippen LogP contribution < -0.4 is 10.0 Å². The third-order valence-corrected chi connectivity index (χ3v) is 4.44. The van der Waals surface area contributed by atoms with E-state index in [0.29, 0.717) is 25.3 Å². The van der Waals surface area contributed by atoms with Crippen LogP contribution in [0.1, 0.15) is 23.4 Å². The first-order chi connectivity index (χ1) is 10.0. The van der Waals surface area contributed by atoms with Crippen LogP contribution in [0.5, 0.6) is 0 Å². The van der Waals surface area contributed by atoms with E-state index < -0.39 is 10.0 Å². The van der Waals surface area contributed by atoms with Gasteiger partial charge in [0.25, 0.3) is 10.0 Å². The molecule has 0 aliphatic heterocycles. The Morgan fingerprint density at radius 3 is 2.86 bits per heavy atom. The Kier molecular flexibility index (Phi) is 5.16. The molecule has 2 aromatic rings. The van der Waals surface area contributed by atoms with E-state index >= 15 is 0 Å². The van der Waals surface area contributed by atoms with Crippen LogP contribution in [0.15, 0.2) is 27.8 Å². The molecule has 2 heterocycles. The number of sulfonamides is 1. The molecule has 3 N–H and O–H groups in total. The average Bonchev–Trinajstić information content (AvgIpc) is 3.05. The maximum Gasteiger partial charge on any atom is 0.273 e. The van der Waals surface area contributed by atoms with Crippen LogP contribution in [0.4, 0.5) is 0 Å². The van der Waals surface area contributed by atoms with Crippen molar-refractivity contribution in [3.63, 3.8) is 0 Å². The van der Waals surface area contributed by atoms with Crippen molar-refractivity contribution in [2.45, 2.75) is 31.4 Å². The Bertz CT molecular complexity index is 675. The first-order valence-corrected chi connectivity index (χ1v) is 8.23. The number of aryl methyl sites for hydroxylation is 2. The van der Waals surface area contributed by atoms with Gasteiger partial charge in [-0.3, -0.25) is 5.10 Å². The lowest BCUT2D eigenvalue weighted by molar-refractivity contribution is 0.404. The van der Waals surface area contributed by atoms with Crippen molar-refractivity contribution in [3.05, 3.63) is 35.3 Å². The first kappa shape index (κ1) is 15.7. The van der Waals surface area contributed by atoms with E-state index in [1.165, 1.54) is 6.07 Å². The normalized spacial score (nSPS) is 11.9. The third kappa shape index (κ3) is 4.16. The summed E-state index contributed by atoms with van der Waals surface area (Å²) >= 11 is 0. The van der Waals surface area contributed by atoms with Gasteiger partial charge in [0, 0.05) is 12.2 Å².